The summed E-state index contributed by atoms with van der Waals surface area (Å²) in [6.45, 7) is 10.2. The highest BCUT2D eigenvalue weighted by Crippen LogP contribution is 2.34. The van der Waals surface area contributed by atoms with Crippen molar-refractivity contribution in [1.82, 2.24) is 24.7 Å². The summed E-state index contributed by atoms with van der Waals surface area (Å²) in [7, 11) is 0. The van der Waals surface area contributed by atoms with Crippen molar-refractivity contribution in [3.05, 3.63) is 26.6 Å². The molecule has 2 aliphatic rings. The summed E-state index contributed by atoms with van der Waals surface area (Å²) in [6, 6.07) is 0. The van der Waals surface area contributed by atoms with Crippen molar-refractivity contribution in [2.24, 2.45) is 0 Å². The number of amides is 1. The Morgan fingerprint density at radius 1 is 1.14 bits per heavy atom. The lowest BCUT2D eigenvalue weighted by Gasteiger charge is -2.34. The van der Waals surface area contributed by atoms with Gasteiger partial charge in [0.1, 0.15) is 10.7 Å². The molecule has 0 atom stereocenters. The first-order valence-corrected chi connectivity index (χ1v) is 11.2. The third-order valence-corrected chi connectivity index (χ3v) is 7.12. The van der Waals surface area contributed by atoms with Crippen LogP contribution in [0.25, 0.3) is 10.2 Å². The molecule has 1 amide bonds. The lowest BCUT2D eigenvalue weighted by Crippen LogP contribution is -2.49. The molecule has 152 valence electrons. The number of likely N-dealkylation sites (N-methyl/N-ethyl adjacent to an activating group) is 1. The van der Waals surface area contributed by atoms with Crippen molar-refractivity contribution in [3.8, 4) is 0 Å². The SMILES string of the molecule is CCN(CC)C(=O)CN1CCN(Cc2nc3sc4c(c3c(=O)[nH]2)CCC4)CC1. The van der Waals surface area contributed by atoms with E-state index in [9.17, 15) is 9.59 Å². The molecular weight excluding hydrogens is 374 g/mol. The number of nitrogens with zero attached hydrogens (tertiary/aromatic N) is 4. The second-order valence-electron chi connectivity index (χ2n) is 7.67. The summed E-state index contributed by atoms with van der Waals surface area (Å²) in [6.07, 6.45) is 3.24. The lowest BCUT2D eigenvalue weighted by molar-refractivity contribution is -0.132. The van der Waals surface area contributed by atoms with Crippen molar-refractivity contribution in [1.29, 1.82) is 0 Å². The van der Waals surface area contributed by atoms with Gasteiger partial charge < -0.3 is 9.88 Å². The van der Waals surface area contributed by atoms with E-state index in [-0.39, 0.29) is 11.5 Å². The maximum atomic E-state index is 12.6. The van der Waals surface area contributed by atoms with Crippen LogP contribution in [0.2, 0.25) is 0 Å². The number of piperazine rings is 1. The number of hydrogen-bond donors (Lipinski definition) is 1. The average molecular weight is 404 g/mol. The number of thiophene rings is 1. The van der Waals surface area contributed by atoms with Crippen LogP contribution in [0.1, 0.15) is 36.5 Å². The second kappa shape index (κ2) is 8.31. The molecule has 0 aromatic carbocycles. The number of aromatic amines is 1. The molecular formula is C20H29N5O2S. The van der Waals surface area contributed by atoms with Crippen LogP contribution in [-0.2, 0) is 24.2 Å². The van der Waals surface area contributed by atoms with Gasteiger partial charge in [0.15, 0.2) is 0 Å². The molecule has 4 rings (SSSR count). The second-order valence-corrected chi connectivity index (χ2v) is 8.75. The Morgan fingerprint density at radius 3 is 2.57 bits per heavy atom. The van der Waals surface area contributed by atoms with E-state index in [1.54, 1.807) is 11.3 Å². The number of hydrogen-bond acceptors (Lipinski definition) is 6. The van der Waals surface area contributed by atoms with Gasteiger partial charge in [-0.05, 0) is 38.7 Å². The van der Waals surface area contributed by atoms with E-state index in [1.807, 2.05) is 18.7 Å². The van der Waals surface area contributed by atoms with Gasteiger partial charge in [0.05, 0.1) is 18.5 Å². The van der Waals surface area contributed by atoms with Gasteiger partial charge >= 0.3 is 0 Å². The largest absolute Gasteiger partial charge is 0.342 e. The molecule has 0 saturated carbocycles. The first kappa shape index (κ1) is 19.5. The Bertz CT molecular complexity index is 909. The molecule has 2 aromatic rings. The Morgan fingerprint density at radius 2 is 1.86 bits per heavy atom. The van der Waals surface area contributed by atoms with Crippen LogP contribution in [-0.4, -0.2) is 76.4 Å². The average Bonchev–Trinajstić information content (AvgIpc) is 3.25. The van der Waals surface area contributed by atoms with E-state index in [4.69, 9.17) is 4.98 Å². The highest BCUT2D eigenvalue weighted by Gasteiger charge is 2.23. The van der Waals surface area contributed by atoms with Gasteiger partial charge in [0.25, 0.3) is 5.56 Å². The summed E-state index contributed by atoms with van der Waals surface area (Å²) in [5.41, 5.74) is 1.25. The molecule has 28 heavy (non-hydrogen) atoms. The normalized spacial score (nSPS) is 17.9. The monoisotopic (exact) mass is 403 g/mol. The zero-order valence-corrected chi connectivity index (χ0v) is 17.6. The summed E-state index contributed by atoms with van der Waals surface area (Å²) >= 11 is 1.69. The molecule has 1 aliphatic heterocycles. The van der Waals surface area contributed by atoms with Crippen molar-refractivity contribution >= 4 is 27.5 Å². The highest BCUT2D eigenvalue weighted by atomic mass is 32.1. The number of rotatable bonds is 6. The van der Waals surface area contributed by atoms with Gasteiger partial charge in [-0.1, -0.05) is 0 Å². The van der Waals surface area contributed by atoms with Crippen LogP contribution in [0.15, 0.2) is 4.79 Å². The summed E-state index contributed by atoms with van der Waals surface area (Å²) in [4.78, 5) is 41.3. The lowest BCUT2D eigenvalue weighted by atomic mass is 10.2. The van der Waals surface area contributed by atoms with Crippen LogP contribution in [0.3, 0.4) is 0 Å². The van der Waals surface area contributed by atoms with Gasteiger partial charge in [0, 0.05) is 44.1 Å². The molecule has 2 aromatic heterocycles. The Kier molecular flexibility index (Phi) is 5.80. The highest BCUT2D eigenvalue weighted by molar-refractivity contribution is 7.18. The number of H-pyrrole nitrogens is 1. The smallest absolute Gasteiger partial charge is 0.259 e. The van der Waals surface area contributed by atoms with Gasteiger partial charge in [-0.3, -0.25) is 19.4 Å². The van der Waals surface area contributed by atoms with Gasteiger partial charge in [0.2, 0.25) is 5.91 Å². The predicted molar refractivity (Wildman–Crippen MR) is 112 cm³/mol. The molecule has 0 bridgehead atoms. The third-order valence-electron chi connectivity index (χ3n) is 5.94. The standard InChI is InChI=1S/C20H29N5O2S/c1-3-25(4-2)17(26)13-24-10-8-23(9-11-24)12-16-21-19(27)18-14-6-5-7-15(14)28-20(18)22-16/h3-13H2,1-2H3,(H,21,22,27). The molecule has 1 saturated heterocycles. The molecule has 0 unspecified atom stereocenters. The third kappa shape index (κ3) is 3.86. The number of fused-ring (bicyclic) bond motifs is 3. The quantitative estimate of drug-likeness (QED) is 0.791. The zero-order chi connectivity index (χ0) is 19.7. The summed E-state index contributed by atoms with van der Waals surface area (Å²) in [5.74, 6) is 0.964. The molecule has 7 nitrogen and oxygen atoms in total. The van der Waals surface area contributed by atoms with Crippen molar-refractivity contribution in [2.75, 3.05) is 45.8 Å². The molecule has 1 N–H and O–H groups in total. The maximum Gasteiger partial charge on any atom is 0.259 e. The van der Waals surface area contributed by atoms with Crippen LogP contribution in [0.5, 0.6) is 0 Å². The van der Waals surface area contributed by atoms with Crippen LogP contribution < -0.4 is 5.56 Å². The fourth-order valence-electron chi connectivity index (χ4n) is 4.31. The molecule has 0 radical (unpaired) electrons. The van der Waals surface area contributed by atoms with Gasteiger partial charge in [-0.2, -0.15) is 0 Å². The number of carbonyl (C=O) groups is 1. The van der Waals surface area contributed by atoms with E-state index in [2.05, 4.69) is 14.8 Å². The number of nitrogens with one attached hydrogen (secondary N) is 1. The minimum absolute atomic E-state index is 0.0165. The molecule has 1 fully saturated rings. The Hall–Kier alpha value is -1.77. The molecule has 1 aliphatic carbocycles. The minimum atomic E-state index is 0.0165. The van der Waals surface area contributed by atoms with E-state index in [1.165, 1.54) is 10.4 Å². The topological polar surface area (TPSA) is 72.5 Å². The summed E-state index contributed by atoms with van der Waals surface area (Å²) < 4.78 is 0. The molecule has 0 spiro atoms. The number of carbonyl (C=O) groups excluding carboxylic acids is 1. The fraction of sp³-hybridized carbons (Fsp3) is 0.650. The van der Waals surface area contributed by atoms with Crippen molar-refractivity contribution in [3.63, 3.8) is 0 Å². The first-order chi connectivity index (χ1) is 13.6. The predicted octanol–water partition coefficient (Wildman–Crippen LogP) is 1.46. The number of aromatic nitrogens is 2. The zero-order valence-electron chi connectivity index (χ0n) is 16.8. The van der Waals surface area contributed by atoms with Gasteiger partial charge in [-0.15, -0.1) is 11.3 Å². The fourth-order valence-corrected chi connectivity index (χ4v) is 5.59. The van der Waals surface area contributed by atoms with Crippen LogP contribution in [0.4, 0.5) is 0 Å². The Labute approximate surface area is 169 Å². The van der Waals surface area contributed by atoms with Gasteiger partial charge in [-0.25, -0.2) is 4.98 Å². The first-order valence-electron chi connectivity index (χ1n) is 10.3. The number of aryl methyl sites for hydroxylation is 2. The minimum Gasteiger partial charge on any atom is -0.342 e. The summed E-state index contributed by atoms with van der Waals surface area (Å²) in [5, 5.41) is 0.820. The van der Waals surface area contributed by atoms with Crippen molar-refractivity contribution < 1.29 is 4.79 Å². The van der Waals surface area contributed by atoms with Crippen LogP contribution >= 0.6 is 11.3 Å². The molecule has 3 heterocycles. The molecule has 8 heteroatoms. The Balaban J connectivity index is 1.36. The van der Waals surface area contributed by atoms with Crippen molar-refractivity contribution in [2.45, 2.75) is 39.7 Å². The van der Waals surface area contributed by atoms with E-state index in [0.29, 0.717) is 13.1 Å². The van der Waals surface area contributed by atoms with Crippen LogP contribution in [0, 0.1) is 0 Å². The van der Waals surface area contributed by atoms with E-state index in [0.717, 1.165) is 74.6 Å². The van der Waals surface area contributed by atoms with E-state index >= 15 is 0 Å². The van der Waals surface area contributed by atoms with E-state index < -0.39 is 0 Å². The maximum absolute atomic E-state index is 12.6.